The maximum Gasteiger partial charge on any atom is 0.253 e. The summed E-state index contributed by atoms with van der Waals surface area (Å²) in [5.41, 5.74) is 3.91. The van der Waals surface area contributed by atoms with E-state index in [0.717, 1.165) is 35.5 Å². The summed E-state index contributed by atoms with van der Waals surface area (Å²) < 4.78 is 0. The number of H-pyrrole nitrogens is 1. The van der Waals surface area contributed by atoms with Crippen molar-refractivity contribution in [3.63, 3.8) is 0 Å². The number of nitrogens with one attached hydrogen (secondary N) is 2. The molecule has 0 radical (unpaired) electrons. The van der Waals surface area contributed by atoms with Crippen LogP contribution in [0.25, 0.3) is 11.3 Å². The van der Waals surface area contributed by atoms with Crippen LogP contribution in [0.1, 0.15) is 42.2 Å². The van der Waals surface area contributed by atoms with Crippen LogP contribution in [0.4, 0.5) is 0 Å². The van der Waals surface area contributed by atoms with Gasteiger partial charge in [-0.2, -0.15) is 0 Å². The molecule has 2 aromatic rings. The number of hydrogen-bond donors (Lipinski definition) is 2. The molecule has 0 aliphatic carbocycles. The van der Waals surface area contributed by atoms with Crippen molar-refractivity contribution in [1.82, 2.24) is 15.3 Å². The molecule has 3 heterocycles. The molecular weight excluding hydrogens is 250 g/mol. The molecule has 1 aliphatic rings. The topological polar surface area (TPSA) is 57.8 Å². The number of amides is 1. The second-order valence-electron chi connectivity index (χ2n) is 5.45. The number of carbonyl (C=O) groups is 1. The third kappa shape index (κ3) is 2.11. The van der Waals surface area contributed by atoms with Gasteiger partial charge in [-0.05, 0) is 24.1 Å². The lowest BCUT2D eigenvalue weighted by Gasteiger charge is -2.27. The zero-order chi connectivity index (χ0) is 14.1. The maximum atomic E-state index is 12.0. The smallest absolute Gasteiger partial charge is 0.253 e. The molecule has 1 unspecified atom stereocenters. The van der Waals surface area contributed by atoms with Crippen molar-refractivity contribution < 1.29 is 4.79 Å². The Morgan fingerprint density at radius 2 is 2.15 bits per heavy atom. The summed E-state index contributed by atoms with van der Waals surface area (Å²) in [5.74, 6) is 0.928. The van der Waals surface area contributed by atoms with Crippen molar-refractivity contribution in [2.75, 3.05) is 6.54 Å². The molecule has 1 aliphatic heterocycles. The molecule has 0 saturated heterocycles. The van der Waals surface area contributed by atoms with Crippen LogP contribution in [-0.4, -0.2) is 22.4 Å². The van der Waals surface area contributed by atoms with Crippen molar-refractivity contribution in [2.24, 2.45) is 5.92 Å². The van der Waals surface area contributed by atoms with E-state index in [2.05, 4.69) is 29.1 Å². The molecule has 2 atom stereocenters. The highest BCUT2D eigenvalue weighted by Crippen LogP contribution is 2.34. The van der Waals surface area contributed by atoms with Gasteiger partial charge in [0.25, 0.3) is 5.91 Å². The Morgan fingerprint density at radius 1 is 1.40 bits per heavy atom. The minimum atomic E-state index is 0.0242. The highest BCUT2D eigenvalue weighted by Gasteiger charge is 2.30. The van der Waals surface area contributed by atoms with Gasteiger partial charge in [0.05, 0.1) is 5.56 Å². The van der Waals surface area contributed by atoms with Crippen LogP contribution in [0.3, 0.4) is 0 Å². The maximum absolute atomic E-state index is 12.0. The fourth-order valence-electron chi connectivity index (χ4n) is 2.81. The summed E-state index contributed by atoms with van der Waals surface area (Å²) in [5, 5.41) is 3.00. The zero-order valence-corrected chi connectivity index (χ0v) is 11.8. The van der Waals surface area contributed by atoms with Gasteiger partial charge >= 0.3 is 0 Å². The van der Waals surface area contributed by atoms with Crippen molar-refractivity contribution in [3.8, 4) is 11.3 Å². The number of rotatable bonds is 3. The average molecular weight is 269 g/mol. The van der Waals surface area contributed by atoms with Gasteiger partial charge in [-0.25, -0.2) is 0 Å². The summed E-state index contributed by atoms with van der Waals surface area (Å²) in [6.07, 6.45) is 4.63. The number of carbonyl (C=O) groups excluding carboxylic acids is 1. The molecule has 2 aromatic heterocycles. The summed E-state index contributed by atoms with van der Waals surface area (Å²) in [6, 6.07) is 5.86. The summed E-state index contributed by atoms with van der Waals surface area (Å²) in [4.78, 5) is 19.5. The minimum Gasteiger partial charge on any atom is -0.357 e. The van der Waals surface area contributed by atoms with Gasteiger partial charge in [0.1, 0.15) is 0 Å². The van der Waals surface area contributed by atoms with E-state index in [4.69, 9.17) is 0 Å². The molecule has 2 N–H and O–H groups in total. The van der Waals surface area contributed by atoms with Crippen LogP contribution in [0, 0.1) is 5.92 Å². The fraction of sp³-hybridized carbons (Fsp3) is 0.375. The molecule has 0 bridgehead atoms. The molecule has 3 rings (SSSR count). The number of fused-ring (bicyclic) bond motifs is 1. The van der Waals surface area contributed by atoms with Crippen LogP contribution in [0.5, 0.6) is 0 Å². The Bertz CT molecular complexity index is 618. The van der Waals surface area contributed by atoms with E-state index >= 15 is 0 Å². The minimum absolute atomic E-state index is 0.0242. The van der Waals surface area contributed by atoms with E-state index in [-0.39, 0.29) is 5.91 Å². The lowest BCUT2D eigenvalue weighted by atomic mass is 9.85. The van der Waals surface area contributed by atoms with Crippen LogP contribution in [-0.2, 0) is 0 Å². The van der Waals surface area contributed by atoms with E-state index in [1.165, 1.54) is 0 Å². The molecule has 4 heteroatoms. The van der Waals surface area contributed by atoms with E-state index in [1.807, 2.05) is 18.2 Å². The average Bonchev–Trinajstić information content (AvgIpc) is 2.94. The van der Waals surface area contributed by atoms with Gasteiger partial charge in [0.2, 0.25) is 0 Å². The Hall–Kier alpha value is -2.10. The zero-order valence-electron chi connectivity index (χ0n) is 11.8. The van der Waals surface area contributed by atoms with Crippen molar-refractivity contribution in [1.29, 1.82) is 0 Å². The summed E-state index contributed by atoms with van der Waals surface area (Å²) in [7, 11) is 0. The first-order chi connectivity index (χ1) is 9.70. The lowest BCUT2D eigenvalue weighted by molar-refractivity contribution is 0.0934. The Labute approximate surface area is 118 Å². The third-order valence-corrected chi connectivity index (χ3v) is 4.27. The molecular formula is C16H19N3O. The quantitative estimate of drug-likeness (QED) is 0.900. The van der Waals surface area contributed by atoms with E-state index < -0.39 is 0 Å². The molecule has 0 fully saturated rings. The Balaban J connectivity index is 2.05. The summed E-state index contributed by atoms with van der Waals surface area (Å²) >= 11 is 0. The first kappa shape index (κ1) is 12.9. The number of aromatic nitrogens is 2. The molecule has 0 aromatic carbocycles. The van der Waals surface area contributed by atoms with Crippen molar-refractivity contribution in [2.45, 2.75) is 26.2 Å². The molecule has 0 saturated carbocycles. The van der Waals surface area contributed by atoms with Crippen molar-refractivity contribution in [3.05, 3.63) is 41.9 Å². The molecule has 1 amide bonds. The second-order valence-corrected chi connectivity index (χ2v) is 5.45. The van der Waals surface area contributed by atoms with Gasteiger partial charge in [0.15, 0.2) is 0 Å². The van der Waals surface area contributed by atoms with Gasteiger partial charge < -0.3 is 10.3 Å². The SMILES string of the molecule is CCC(C)[C@H]1CNC(=O)c2cc(-c3ccncc3)[nH]c21. The normalized spacial score (nSPS) is 19.3. The number of pyridine rings is 1. The van der Waals surface area contributed by atoms with Gasteiger partial charge in [-0.15, -0.1) is 0 Å². The van der Waals surface area contributed by atoms with E-state index in [1.54, 1.807) is 12.4 Å². The van der Waals surface area contributed by atoms with E-state index in [0.29, 0.717) is 11.8 Å². The molecule has 104 valence electrons. The molecule has 20 heavy (non-hydrogen) atoms. The number of aromatic amines is 1. The first-order valence-electron chi connectivity index (χ1n) is 7.12. The number of nitrogens with zero attached hydrogens (tertiary/aromatic N) is 1. The second kappa shape index (κ2) is 5.12. The molecule has 4 nitrogen and oxygen atoms in total. The van der Waals surface area contributed by atoms with E-state index in [9.17, 15) is 4.79 Å². The Morgan fingerprint density at radius 3 is 2.85 bits per heavy atom. The fourth-order valence-corrected chi connectivity index (χ4v) is 2.81. The van der Waals surface area contributed by atoms with Crippen molar-refractivity contribution >= 4 is 5.91 Å². The monoisotopic (exact) mass is 269 g/mol. The predicted octanol–water partition coefficient (Wildman–Crippen LogP) is 2.95. The standard InChI is InChI=1S/C16H19N3O/c1-3-10(2)13-9-18-16(20)12-8-14(19-15(12)13)11-4-6-17-7-5-11/h4-8,10,13,19H,3,9H2,1-2H3,(H,18,20)/t10?,13-/m1/s1. The molecule has 0 spiro atoms. The largest absolute Gasteiger partial charge is 0.357 e. The van der Waals surface area contributed by atoms with Gasteiger partial charge in [-0.3, -0.25) is 9.78 Å². The van der Waals surface area contributed by atoms with Crippen LogP contribution in [0.15, 0.2) is 30.6 Å². The van der Waals surface area contributed by atoms with Gasteiger partial charge in [-0.1, -0.05) is 20.3 Å². The first-order valence-corrected chi connectivity index (χ1v) is 7.12. The predicted molar refractivity (Wildman–Crippen MR) is 78.6 cm³/mol. The Kier molecular flexibility index (Phi) is 3.30. The van der Waals surface area contributed by atoms with Crippen LogP contribution >= 0.6 is 0 Å². The summed E-state index contributed by atoms with van der Waals surface area (Å²) in [6.45, 7) is 5.14. The third-order valence-electron chi connectivity index (χ3n) is 4.27. The highest BCUT2D eigenvalue weighted by atomic mass is 16.1. The highest BCUT2D eigenvalue weighted by molar-refractivity contribution is 5.98. The van der Waals surface area contributed by atoms with Crippen LogP contribution in [0.2, 0.25) is 0 Å². The number of hydrogen-bond acceptors (Lipinski definition) is 2. The van der Waals surface area contributed by atoms with Gasteiger partial charge in [0, 0.05) is 41.8 Å². The van der Waals surface area contributed by atoms with Crippen LogP contribution < -0.4 is 5.32 Å². The lowest BCUT2D eigenvalue weighted by Crippen LogP contribution is -2.36.